The van der Waals surface area contributed by atoms with E-state index in [1.54, 1.807) is 17.0 Å². The Morgan fingerprint density at radius 3 is 2.31 bits per heavy atom. The van der Waals surface area contributed by atoms with Crippen molar-refractivity contribution in [3.63, 3.8) is 0 Å². The molecule has 1 fully saturated rings. The second-order valence-electron chi connectivity index (χ2n) is 7.61. The maximum absolute atomic E-state index is 12.6. The van der Waals surface area contributed by atoms with E-state index in [1.165, 1.54) is 6.20 Å². The Balaban J connectivity index is 1.35. The molecule has 0 bridgehead atoms. The van der Waals surface area contributed by atoms with Crippen molar-refractivity contribution in [1.29, 1.82) is 0 Å². The van der Waals surface area contributed by atoms with Gasteiger partial charge in [-0.05, 0) is 49.2 Å². The molecule has 11 heteroatoms. The summed E-state index contributed by atoms with van der Waals surface area (Å²) in [7, 11) is 0. The van der Waals surface area contributed by atoms with Crippen LogP contribution in [0.3, 0.4) is 0 Å². The number of piperazine rings is 1. The second-order valence-corrected chi connectivity index (χ2v) is 7.61. The molecular formula is C21H21F3N6O2. The van der Waals surface area contributed by atoms with Gasteiger partial charge < -0.3 is 19.6 Å². The summed E-state index contributed by atoms with van der Waals surface area (Å²) >= 11 is 0. The molecule has 32 heavy (non-hydrogen) atoms. The highest BCUT2D eigenvalue weighted by atomic mass is 19.4. The van der Waals surface area contributed by atoms with Crippen molar-refractivity contribution in [2.75, 3.05) is 36.4 Å². The van der Waals surface area contributed by atoms with Gasteiger partial charge in [-0.1, -0.05) is 11.2 Å². The molecule has 1 aromatic carbocycles. The van der Waals surface area contributed by atoms with Crippen LogP contribution in [0, 0.1) is 13.8 Å². The Bertz CT molecular complexity index is 1090. The van der Waals surface area contributed by atoms with E-state index >= 15 is 0 Å². The third kappa shape index (κ3) is 4.82. The number of urea groups is 1. The van der Waals surface area contributed by atoms with E-state index in [4.69, 9.17) is 0 Å². The first-order chi connectivity index (χ1) is 15.2. The molecule has 0 atom stereocenters. The number of nitrogens with zero attached hydrogens (tertiary/aromatic N) is 5. The molecule has 2 amide bonds. The predicted octanol–water partition coefficient (Wildman–Crippen LogP) is 4.12. The van der Waals surface area contributed by atoms with Gasteiger partial charge in [-0.25, -0.2) is 9.78 Å². The number of halogens is 3. The summed E-state index contributed by atoms with van der Waals surface area (Å²) in [6.45, 7) is 6.14. The van der Waals surface area contributed by atoms with Gasteiger partial charge in [0.1, 0.15) is 5.82 Å². The molecular weight excluding hydrogens is 425 g/mol. The third-order valence-corrected chi connectivity index (χ3v) is 5.04. The summed E-state index contributed by atoms with van der Waals surface area (Å²) in [4.78, 5) is 24.0. The minimum Gasteiger partial charge on any atom is -0.353 e. The molecule has 2 aromatic heterocycles. The fraction of sp³-hybridized carbons (Fsp3) is 0.333. The van der Waals surface area contributed by atoms with E-state index in [9.17, 15) is 18.0 Å². The van der Waals surface area contributed by atoms with Crippen LogP contribution < -0.4 is 10.2 Å². The Kier molecular flexibility index (Phi) is 5.72. The van der Waals surface area contributed by atoms with Crippen LogP contribution in [0.1, 0.15) is 17.0 Å². The highest BCUT2D eigenvalue weighted by Crippen LogP contribution is 2.29. The lowest BCUT2D eigenvalue weighted by Crippen LogP contribution is -2.50. The van der Waals surface area contributed by atoms with Crippen molar-refractivity contribution < 1.29 is 22.5 Å². The fourth-order valence-electron chi connectivity index (χ4n) is 3.55. The number of amides is 2. The van der Waals surface area contributed by atoms with E-state index in [0.29, 0.717) is 37.6 Å². The zero-order chi connectivity index (χ0) is 22.9. The zero-order valence-corrected chi connectivity index (χ0v) is 17.5. The van der Waals surface area contributed by atoms with E-state index in [2.05, 4.69) is 25.0 Å². The summed E-state index contributed by atoms with van der Waals surface area (Å²) in [6.07, 6.45) is -3.29. The molecule has 168 valence electrons. The molecule has 3 heterocycles. The number of anilines is 2. The summed E-state index contributed by atoms with van der Waals surface area (Å²) in [5.74, 6) is -0.918. The highest BCUT2D eigenvalue weighted by molar-refractivity contribution is 5.89. The van der Waals surface area contributed by atoms with Crippen molar-refractivity contribution in [1.82, 2.24) is 20.0 Å². The minimum absolute atomic E-state index is 0.157. The Hall–Kier alpha value is -3.63. The van der Waals surface area contributed by atoms with Crippen molar-refractivity contribution in [3.8, 4) is 11.4 Å². The molecule has 8 nitrogen and oxygen atoms in total. The number of benzene rings is 1. The predicted molar refractivity (Wildman–Crippen MR) is 111 cm³/mol. The Morgan fingerprint density at radius 2 is 1.75 bits per heavy atom. The molecule has 3 aromatic rings. The number of carbonyl (C=O) groups is 1. The number of alkyl halides is 3. The third-order valence-electron chi connectivity index (χ3n) is 5.04. The summed E-state index contributed by atoms with van der Waals surface area (Å²) < 4.78 is 42.1. The van der Waals surface area contributed by atoms with Crippen LogP contribution in [0.5, 0.6) is 0 Å². The van der Waals surface area contributed by atoms with Crippen molar-refractivity contribution in [2.24, 2.45) is 0 Å². The Morgan fingerprint density at radius 1 is 1.06 bits per heavy atom. The molecule has 1 aliphatic rings. The lowest BCUT2D eigenvalue weighted by molar-refractivity contribution is -0.159. The van der Waals surface area contributed by atoms with Gasteiger partial charge in [0.2, 0.25) is 5.82 Å². The number of hydrogen-bond acceptors (Lipinski definition) is 6. The van der Waals surface area contributed by atoms with Gasteiger partial charge in [-0.3, -0.25) is 0 Å². The number of aryl methyl sites for hydroxylation is 2. The molecule has 0 saturated carbocycles. The van der Waals surface area contributed by atoms with Gasteiger partial charge in [0.25, 0.3) is 0 Å². The molecule has 1 saturated heterocycles. The van der Waals surface area contributed by atoms with Gasteiger partial charge in [-0.2, -0.15) is 18.2 Å². The van der Waals surface area contributed by atoms with Gasteiger partial charge in [0, 0.05) is 43.6 Å². The standard InChI is InChI=1S/C21H21F3N6O2/c1-13-9-14(2)11-16(10-13)26-20(31)30-7-5-29(6-8-30)17-4-3-15(12-25-17)18-27-19(32-28-18)21(22,23)24/h3-4,9-12H,5-8H2,1-2H3,(H,26,31). The molecule has 4 rings (SSSR count). The van der Waals surface area contributed by atoms with Gasteiger partial charge in [0.15, 0.2) is 0 Å². The zero-order valence-electron chi connectivity index (χ0n) is 17.5. The number of aromatic nitrogens is 3. The fourth-order valence-corrected chi connectivity index (χ4v) is 3.55. The summed E-state index contributed by atoms with van der Waals surface area (Å²) in [5, 5.41) is 6.29. The molecule has 0 spiro atoms. The van der Waals surface area contributed by atoms with Crippen LogP contribution in [0.15, 0.2) is 41.1 Å². The number of carbonyl (C=O) groups excluding carboxylic acids is 1. The lowest BCUT2D eigenvalue weighted by Gasteiger charge is -2.35. The van der Waals surface area contributed by atoms with E-state index in [-0.39, 0.29) is 11.9 Å². The summed E-state index contributed by atoms with van der Waals surface area (Å²) in [6, 6.07) is 9.01. The van der Waals surface area contributed by atoms with Gasteiger partial charge in [0.05, 0.1) is 0 Å². The maximum atomic E-state index is 12.6. The quantitative estimate of drug-likeness (QED) is 0.651. The average Bonchev–Trinajstić information content (AvgIpc) is 3.24. The largest absolute Gasteiger partial charge is 0.471 e. The normalized spacial score (nSPS) is 14.5. The molecule has 1 N–H and O–H groups in total. The first-order valence-corrected chi connectivity index (χ1v) is 9.95. The minimum atomic E-state index is -4.69. The van der Waals surface area contributed by atoms with Crippen LogP contribution in [0.25, 0.3) is 11.4 Å². The molecule has 0 unspecified atom stereocenters. The van der Waals surface area contributed by atoms with E-state index < -0.39 is 12.1 Å². The van der Waals surface area contributed by atoms with Gasteiger partial charge >= 0.3 is 18.1 Å². The summed E-state index contributed by atoms with van der Waals surface area (Å²) in [5.41, 5.74) is 3.24. The maximum Gasteiger partial charge on any atom is 0.471 e. The molecule has 1 aliphatic heterocycles. The monoisotopic (exact) mass is 446 g/mol. The number of rotatable bonds is 3. The van der Waals surface area contributed by atoms with Gasteiger partial charge in [-0.15, -0.1) is 0 Å². The van der Waals surface area contributed by atoms with E-state index in [0.717, 1.165) is 16.8 Å². The van der Waals surface area contributed by atoms with Crippen molar-refractivity contribution in [2.45, 2.75) is 20.0 Å². The van der Waals surface area contributed by atoms with E-state index in [1.807, 2.05) is 36.9 Å². The van der Waals surface area contributed by atoms with Crippen molar-refractivity contribution in [3.05, 3.63) is 53.5 Å². The molecule has 0 radical (unpaired) electrons. The number of hydrogen-bond donors (Lipinski definition) is 1. The SMILES string of the molecule is Cc1cc(C)cc(NC(=O)N2CCN(c3ccc(-c4noc(C(F)(F)F)n4)cn3)CC2)c1. The van der Waals surface area contributed by atoms with Crippen LogP contribution in [0.4, 0.5) is 29.5 Å². The molecule has 0 aliphatic carbocycles. The van der Waals surface area contributed by atoms with Crippen LogP contribution in [-0.4, -0.2) is 52.2 Å². The smallest absolute Gasteiger partial charge is 0.353 e. The number of pyridine rings is 1. The second kappa shape index (κ2) is 8.48. The lowest BCUT2D eigenvalue weighted by atomic mass is 10.1. The van der Waals surface area contributed by atoms with Crippen LogP contribution in [-0.2, 0) is 6.18 Å². The topological polar surface area (TPSA) is 87.4 Å². The van der Waals surface area contributed by atoms with Crippen LogP contribution in [0.2, 0.25) is 0 Å². The van der Waals surface area contributed by atoms with Crippen molar-refractivity contribution >= 4 is 17.5 Å². The first kappa shape index (κ1) is 21.6. The van der Waals surface area contributed by atoms with Crippen LogP contribution >= 0.6 is 0 Å². The first-order valence-electron chi connectivity index (χ1n) is 9.95. The average molecular weight is 446 g/mol. The highest BCUT2D eigenvalue weighted by Gasteiger charge is 2.38. The number of nitrogens with one attached hydrogen (secondary N) is 1. The Labute approximate surface area is 182 Å².